The number of nitrogens with zero attached hydrogens (tertiary/aromatic N) is 1. The standard InChI is InChI=1S/C17H28N2O5/c1-10(15-11(2)19-24-12(15)3)9-14(20)18-13(16(21)22)7-8-23-17(4,5)6/h10,13H,7-9H2,1-6H3,(H,18,20)(H,21,22). The zero-order chi connectivity index (χ0) is 18.5. The molecule has 0 fully saturated rings. The van der Waals surface area contributed by atoms with Crippen molar-refractivity contribution in [3.63, 3.8) is 0 Å². The van der Waals surface area contributed by atoms with Crippen molar-refractivity contribution in [3.8, 4) is 0 Å². The lowest BCUT2D eigenvalue weighted by molar-refractivity contribution is -0.142. The van der Waals surface area contributed by atoms with Crippen LogP contribution in [0.1, 0.15) is 63.5 Å². The largest absolute Gasteiger partial charge is 0.480 e. The van der Waals surface area contributed by atoms with Crippen LogP contribution >= 0.6 is 0 Å². The highest BCUT2D eigenvalue weighted by Gasteiger charge is 2.24. The van der Waals surface area contributed by atoms with Gasteiger partial charge in [-0.3, -0.25) is 4.79 Å². The molecule has 7 nitrogen and oxygen atoms in total. The molecule has 1 aromatic rings. The average Bonchev–Trinajstić information content (AvgIpc) is 2.75. The van der Waals surface area contributed by atoms with Gasteiger partial charge in [-0.05, 0) is 40.5 Å². The van der Waals surface area contributed by atoms with Gasteiger partial charge in [0.25, 0.3) is 0 Å². The maximum absolute atomic E-state index is 12.2. The maximum Gasteiger partial charge on any atom is 0.326 e. The van der Waals surface area contributed by atoms with E-state index in [4.69, 9.17) is 9.26 Å². The molecule has 0 saturated carbocycles. The third-order valence-corrected chi connectivity index (χ3v) is 3.65. The molecule has 0 aromatic carbocycles. The van der Waals surface area contributed by atoms with Crippen molar-refractivity contribution in [2.24, 2.45) is 0 Å². The van der Waals surface area contributed by atoms with Crippen LogP contribution in [0.3, 0.4) is 0 Å². The van der Waals surface area contributed by atoms with Crippen LogP contribution in [0.25, 0.3) is 0 Å². The highest BCUT2D eigenvalue weighted by atomic mass is 16.5. The zero-order valence-corrected chi connectivity index (χ0v) is 15.3. The lowest BCUT2D eigenvalue weighted by Gasteiger charge is -2.22. The normalized spacial score (nSPS) is 14.2. The number of nitrogens with one attached hydrogen (secondary N) is 1. The molecule has 1 amide bonds. The van der Waals surface area contributed by atoms with Crippen LogP contribution in [-0.4, -0.2) is 40.4 Å². The minimum Gasteiger partial charge on any atom is -0.480 e. The van der Waals surface area contributed by atoms with Gasteiger partial charge in [-0.2, -0.15) is 0 Å². The molecule has 2 unspecified atom stereocenters. The van der Waals surface area contributed by atoms with Crippen LogP contribution in [0.15, 0.2) is 4.52 Å². The molecule has 1 heterocycles. The van der Waals surface area contributed by atoms with Crippen LogP contribution in [-0.2, 0) is 14.3 Å². The second-order valence-electron chi connectivity index (χ2n) is 7.05. The molecule has 0 saturated heterocycles. The molecule has 0 radical (unpaired) electrons. The molecule has 0 aliphatic rings. The van der Waals surface area contributed by atoms with E-state index in [-0.39, 0.29) is 36.9 Å². The van der Waals surface area contributed by atoms with E-state index in [0.29, 0.717) is 5.76 Å². The van der Waals surface area contributed by atoms with Crippen molar-refractivity contribution in [2.45, 2.75) is 71.9 Å². The number of aromatic nitrogens is 1. The van der Waals surface area contributed by atoms with E-state index in [1.165, 1.54) is 0 Å². The summed E-state index contributed by atoms with van der Waals surface area (Å²) in [6, 6.07) is -0.961. The van der Waals surface area contributed by atoms with E-state index in [1.807, 2.05) is 34.6 Å². The number of ether oxygens (including phenoxy) is 1. The van der Waals surface area contributed by atoms with Crippen molar-refractivity contribution < 1.29 is 24.0 Å². The van der Waals surface area contributed by atoms with Crippen LogP contribution in [0.5, 0.6) is 0 Å². The second kappa shape index (κ2) is 8.28. The Labute approximate surface area is 142 Å². The highest BCUT2D eigenvalue weighted by Crippen LogP contribution is 2.25. The first-order valence-corrected chi connectivity index (χ1v) is 8.10. The van der Waals surface area contributed by atoms with Crippen molar-refractivity contribution in [3.05, 3.63) is 17.0 Å². The predicted molar refractivity (Wildman–Crippen MR) is 88.9 cm³/mol. The van der Waals surface area contributed by atoms with Gasteiger partial charge < -0.3 is 19.7 Å². The lowest BCUT2D eigenvalue weighted by atomic mass is 9.95. The Hall–Kier alpha value is -1.89. The number of aliphatic carboxylic acids is 1. The number of hydrogen-bond acceptors (Lipinski definition) is 5. The van der Waals surface area contributed by atoms with Gasteiger partial charge in [-0.15, -0.1) is 0 Å². The van der Waals surface area contributed by atoms with E-state index in [9.17, 15) is 14.7 Å². The average molecular weight is 340 g/mol. The summed E-state index contributed by atoms with van der Waals surface area (Å²) >= 11 is 0. The number of carboxylic acids is 1. The van der Waals surface area contributed by atoms with Crippen LogP contribution in [0.4, 0.5) is 0 Å². The Balaban J connectivity index is 2.58. The van der Waals surface area contributed by atoms with Gasteiger partial charge in [0.05, 0.1) is 11.3 Å². The predicted octanol–water partition coefficient (Wildman–Crippen LogP) is 2.56. The van der Waals surface area contributed by atoms with Gasteiger partial charge in [-0.1, -0.05) is 12.1 Å². The molecule has 1 aromatic heterocycles. The van der Waals surface area contributed by atoms with Crippen molar-refractivity contribution in [2.75, 3.05) is 6.61 Å². The number of aryl methyl sites for hydroxylation is 2. The number of hydrogen-bond donors (Lipinski definition) is 2. The molecule has 7 heteroatoms. The molecule has 0 aliphatic carbocycles. The number of carboxylic acid groups (broad SMARTS) is 1. The van der Waals surface area contributed by atoms with Gasteiger partial charge in [0, 0.05) is 25.0 Å². The summed E-state index contributed by atoms with van der Waals surface area (Å²) in [6.45, 7) is 11.5. The number of rotatable bonds is 8. The number of carbonyl (C=O) groups excluding carboxylic acids is 1. The van der Waals surface area contributed by atoms with E-state index < -0.39 is 12.0 Å². The van der Waals surface area contributed by atoms with E-state index in [2.05, 4.69) is 10.5 Å². The van der Waals surface area contributed by atoms with Crippen molar-refractivity contribution in [1.82, 2.24) is 10.5 Å². The Kier molecular flexibility index (Phi) is 6.95. The molecular weight excluding hydrogens is 312 g/mol. The third-order valence-electron chi connectivity index (χ3n) is 3.65. The summed E-state index contributed by atoms with van der Waals surface area (Å²) in [7, 11) is 0. The maximum atomic E-state index is 12.2. The zero-order valence-electron chi connectivity index (χ0n) is 15.3. The van der Waals surface area contributed by atoms with Crippen molar-refractivity contribution >= 4 is 11.9 Å². The summed E-state index contributed by atoms with van der Waals surface area (Å²) in [5.74, 6) is -0.797. The smallest absolute Gasteiger partial charge is 0.326 e. The molecule has 0 bridgehead atoms. The lowest BCUT2D eigenvalue weighted by Crippen LogP contribution is -2.42. The molecular formula is C17H28N2O5. The number of carbonyl (C=O) groups is 2. The summed E-state index contributed by atoms with van der Waals surface area (Å²) in [5.41, 5.74) is 1.31. The van der Waals surface area contributed by atoms with Crippen LogP contribution in [0, 0.1) is 13.8 Å². The van der Waals surface area contributed by atoms with Crippen LogP contribution in [0.2, 0.25) is 0 Å². The van der Waals surface area contributed by atoms with E-state index in [0.717, 1.165) is 11.3 Å². The van der Waals surface area contributed by atoms with E-state index in [1.54, 1.807) is 6.92 Å². The summed E-state index contributed by atoms with van der Waals surface area (Å²) in [6.07, 6.45) is 0.394. The van der Waals surface area contributed by atoms with Gasteiger partial charge in [0.15, 0.2) is 0 Å². The van der Waals surface area contributed by atoms with Gasteiger partial charge in [0.1, 0.15) is 11.8 Å². The molecule has 136 valence electrons. The van der Waals surface area contributed by atoms with Crippen LogP contribution < -0.4 is 5.32 Å². The fourth-order valence-electron chi connectivity index (χ4n) is 2.57. The molecule has 1 rings (SSSR count). The molecule has 0 aliphatic heterocycles. The quantitative estimate of drug-likeness (QED) is 0.754. The first-order valence-electron chi connectivity index (χ1n) is 8.10. The van der Waals surface area contributed by atoms with Gasteiger partial charge >= 0.3 is 5.97 Å². The summed E-state index contributed by atoms with van der Waals surface area (Å²) in [4.78, 5) is 23.5. The molecule has 2 atom stereocenters. The Morgan fingerprint density at radius 3 is 2.42 bits per heavy atom. The molecule has 2 N–H and O–H groups in total. The Bertz CT molecular complexity index is 555. The Morgan fingerprint density at radius 2 is 1.96 bits per heavy atom. The first kappa shape index (κ1) is 20.2. The summed E-state index contributed by atoms with van der Waals surface area (Å²) in [5, 5.41) is 15.7. The minimum atomic E-state index is -1.06. The highest BCUT2D eigenvalue weighted by molar-refractivity contribution is 5.83. The van der Waals surface area contributed by atoms with Crippen molar-refractivity contribution in [1.29, 1.82) is 0 Å². The van der Waals surface area contributed by atoms with Gasteiger partial charge in [-0.25, -0.2) is 4.79 Å². The second-order valence-corrected chi connectivity index (χ2v) is 7.05. The minimum absolute atomic E-state index is 0.100. The fourth-order valence-corrected chi connectivity index (χ4v) is 2.57. The topological polar surface area (TPSA) is 102 Å². The monoisotopic (exact) mass is 340 g/mol. The Morgan fingerprint density at radius 1 is 1.33 bits per heavy atom. The van der Waals surface area contributed by atoms with E-state index >= 15 is 0 Å². The number of amides is 1. The summed E-state index contributed by atoms with van der Waals surface area (Å²) < 4.78 is 10.6. The molecule has 24 heavy (non-hydrogen) atoms. The fraction of sp³-hybridized carbons (Fsp3) is 0.706. The third kappa shape index (κ3) is 6.31. The van der Waals surface area contributed by atoms with Gasteiger partial charge in [0.2, 0.25) is 5.91 Å². The SMILES string of the molecule is Cc1noc(C)c1C(C)CC(=O)NC(CCOC(C)(C)C)C(=O)O. The first-order chi connectivity index (χ1) is 11.0. The molecule has 0 spiro atoms.